The maximum Gasteiger partial charge on any atom is 0.251 e. The molecule has 7 nitrogen and oxygen atoms in total. The maximum atomic E-state index is 13.0. The van der Waals surface area contributed by atoms with Crippen molar-refractivity contribution >= 4 is 23.2 Å². The summed E-state index contributed by atoms with van der Waals surface area (Å²) < 4.78 is 1.75. The largest absolute Gasteiger partial charge is 0.324 e. The molecule has 0 aliphatic carbocycles. The second kappa shape index (κ2) is 8.47. The second-order valence-electron chi connectivity index (χ2n) is 7.65. The standard InChI is InChI=1S/C25H22N6O/c1-18-10-8-9-15-21(18)26-24(32)17-30-22(19-11-4-2-5-12-19)16-23(20-13-6-3-7-14-20)31-25(30)27-28-29-31/h2-16,23H,17H2,1H3,(H,26,32)/t23-/m0/s1. The normalized spacial score (nSPS) is 15.1. The van der Waals surface area contributed by atoms with Gasteiger partial charge < -0.3 is 5.32 Å². The van der Waals surface area contributed by atoms with E-state index in [0.717, 1.165) is 28.1 Å². The molecule has 0 radical (unpaired) electrons. The number of nitrogens with one attached hydrogen (secondary N) is 1. The van der Waals surface area contributed by atoms with Crippen LogP contribution in [0.3, 0.4) is 0 Å². The van der Waals surface area contributed by atoms with Gasteiger partial charge in [0.15, 0.2) is 0 Å². The molecule has 0 unspecified atom stereocenters. The molecule has 4 aromatic rings. The topological polar surface area (TPSA) is 75.9 Å². The molecule has 1 aliphatic rings. The molecule has 1 atom stereocenters. The molecule has 0 saturated heterocycles. The summed E-state index contributed by atoms with van der Waals surface area (Å²) in [6.07, 6.45) is 2.11. The summed E-state index contributed by atoms with van der Waals surface area (Å²) in [5.41, 5.74) is 4.75. The molecule has 7 heteroatoms. The van der Waals surface area contributed by atoms with Gasteiger partial charge in [-0.1, -0.05) is 84.0 Å². The lowest BCUT2D eigenvalue weighted by Crippen LogP contribution is -2.37. The van der Waals surface area contributed by atoms with Crippen molar-refractivity contribution in [3.63, 3.8) is 0 Å². The summed E-state index contributed by atoms with van der Waals surface area (Å²) in [6.45, 7) is 2.05. The summed E-state index contributed by atoms with van der Waals surface area (Å²) in [5, 5.41) is 15.4. The number of aryl methyl sites for hydroxylation is 1. The molecule has 1 amide bonds. The van der Waals surface area contributed by atoms with E-state index in [0.29, 0.717) is 5.95 Å². The summed E-state index contributed by atoms with van der Waals surface area (Å²) in [7, 11) is 0. The first-order valence-corrected chi connectivity index (χ1v) is 10.4. The first-order valence-electron chi connectivity index (χ1n) is 10.4. The lowest BCUT2D eigenvalue weighted by atomic mass is 10.0. The highest BCUT2D eigenvalue weighted by Gasteiger charge is 2.31. The van der Waals surface area contributed by atoms with Crippen LogP contribution in [-0.2, 0) is 4.79 Å². The van der Waals surface area contributed by atoms with Gasteiger partial charge in [-0.15, -0.1) is 0 Å². The highest BCUT2D eigenvalue weighted by Crippen LogP contribution is 2.36. The number of hydrogen-bond acceptors (Lipinski definition) is 5. The predicted molar refractivity (Wildman–Crippen MR) is 124 cm³/mol. The lowest BCUT2D eigenvalue weighted by Gasteiger charge is -2.32. The molecule has 0 saturated carbocycles. The zero-order chi connectivity index (χ0) is 21.9. The Labute approximate surface area is 186 Å². The van der Waals surface area contributed by atoms with E-state index in [1.807, 2.05) is 84.6 Å². The Morgan fingerprint density at radius 2 is 1.62 bits per heavy atom. The SMILES string of the molecule is Cc1ccccc1NC(=O)CN1C(c2ccccc2)=C[C@@H](c2ccccc2)n2nnnc21. The van der Waals surface area contributed by atoms with E-state index in [1.165, 1.54) is 0 Å². The number of hydrogen-bond donors (Lipinski definition) is 1. The first kappa shape index (κ1) is 19.7. The molecular formula is C25H22N6O. The molecule has 2 heterocycles. The number of allylic oxidation sites excluding steroid dienone is 1. The van der Waals surface area contributed by atoms with Gasteiger partial charge in [-0.3, -0.25) is 9.69 Å². The summed E-state index contributed by atoms with van der Waals surface area (Å²) in [6, 6.07) is 27.6. The van der Waals surface area contributed by atoms with Gasteiger partial charge in [-0.25, -0.2) is 0 Å². The number of benzene rings is 3. The van der Waals surface area contributed by atoms with Crippen LogP contribution in [0.25, 0.3) is 5.70 Å². The summed E-state index contributed by atoms with van der Waals surface area (Å²) in [5.74, 6) is 0.383. The van der Waals surface area contributed by atoms with Crippen molar-refractivity contribution in [1.29, 1.82) is 0 Å². The van der Waals surface area contributed by atoms with Crippen LogP contribution in [0.1, 0.15) is 22.7 Å². The Kier molecular flexibility index (Phi) is 5.21. The number of tetrazole rings is 1. The predicted octanol–water partition coefficient (Wildman–Crippen LogP) is 4.07. The number of anilines is 2. The van der Waals surface area contributed by atoms with Crippen LogP contribution in [0.2, 0.25) is 0 Å². The van der Waals surface area contributed by atoms with Crippen LogP contribution in [0, 0.1) is 6.92 Å². The van der Waals surface area contributed by atoms with Gasteiger partial charge in [-0.2, -0.15) is 4.68 Å². The quantitative estimate of drug-likeness (QED) is 0.525. The number of fused-ring (bicyclic) bond motifs is 1. The van der Waals surface area contributed by atoms with Gasteiger partial charge in [-0.05, 0) is 46.2 Å². The molecule has 5 rings (SSSR count). The Bertz CT molecular complexity index is 1270. The van der Waals surface area contributed by atoms with Gasteiger partial charge in [0.1, 0.15) is 12.6 Å². The third-order valence-corrected chi connectivity index (χ3v) is 5.52. The van der Waals surface area contributed by atoms with Gasteiger partial charge in [0.25, 0.3) is 5.95 Å². The molecule has 158 valence electrons. The van der Waals surface area contributed by atoms with Crippen LogP contribution in [0.4, 0.5) is 11.6 Å². The average molecular weight is 422 g/mol. The number of aromatic nitrogens is 4. The number of carbonyl (C=O) groups excluding carboxylic acids is 1. The van der Waals surface area contributed by atoms with Crippen molar-refractivity contribution < 1.29 is 4.79 Å². The second-order valence-corrected chi connectivity index (χ2v) is 7.65. The fraction of sp³-hybridized carbons (Fsp3) is 0.120. The molecular weight excluding hydrogens is 400 g/mol. The van der Waals surface area contributed by atoms with Crippen molar-refractivity contribution in [3.8, 4) is 0 Å². The fourth-order valence-corrected chi connectivity index (χ4v) is 3.92. The van der Waals surface area contributed by atoms with E-state index >= 15 is 0 Å². The van der Waals surface area contributed by atoms with Crippen LogP contribution >= 0.6 is 0 Å². The van der Waals surface area contributed by atoms with E-state index in [2.05, 4.69) is 39.1 Å². The van der Waals surface area contributed by atoms with Gasteiger partial charge >= 0.3 is 0 Å². The third-order valence-electron chi connectivity index (χ3n) is 5.52. The van der Waals surface area contributed by atoms with E-state index in [9.17, 15) is 4.79 Å². The Hall–Kier alpha value is -4.26. The number of carbonyl (C=O) groups is 1. The van der Waals surface area contributed by atoms with E-state index < -0.39 is 0 Å². The summed E-state index contributed by atoms with van der Waals surface area (Å²) in [4.78, 5) is 14.9. The zero-order valence-electron chi connectivity index (χ0n) is 17.6. The third kappa shape index (κ3) is 3.76. The van der Waals surface area contributed by atoms with E-state index in [-0.39, 0.29) is 18.5 Å². The zero-order valence-corrected chi connectivity index (χ0v) is 17.6. The van der Waals surface area contributed by atoms with Crippen LogP contribution < -0.4 is 10.2 Å². The minimum Gasteiger partial charge on any atom is -0.324 e. The highest BCUT2D eigenvalue weighted by atomic mass is 16.2. The Morgan fingerprint density at radius 3 is 2.38 bits per heavy atom. The van der Waals surface area contributed by atoms with Gasteiger partial charge in [0, 0.05) is 5.69 Å². The molecule has 0 bridgehead atoms. The van der Waals surface area contributed by atoms with Crippen LogP contribution in [-0.4, -0.2) is 32.7 Å². The van der Waals surface area contributed by atoms with Crippen LogP contribution in [0.15, 0.2) is 91.0 Å². The molecule has 1 aliphatic heterocycles. The number of para-hydroxylation sites is 1. The smallest absolute Gasteiger partial charge is 0.251 e. The number of amides is 1. The molecule has 0 fully saturated rings. The Morgan fingerprint density at radius 1 is 0.938 bits per heavy atom. The van der Waals surface area contributed by atoms with E-state index in [4.69, 9.17) is 0 Å². The molecule has 1 aromatic heterocycles. The lowest BCUT2D eigenvalue weighted by molar-refractivity contribution is -0.114. The fourth-order valence-electron chi connectivity index (χ4n) is 3.92. The minimum atomic E-state index is -0.174. The molecule has 32 heavy (non-hydrogen) atoms. The maximum absolute atomic E-state index is 13.0. The van der Waals surface area contributed by atoms with E-state index in [1.54, 1.807) is 4.68 Å². The van der Waals surface area contributed by atoms with Gasteiger partial charge in [0.05, 0.1) is 5.70 Å². The molecule has 0 spiro atoms. The summed E-state index contributed by atoms with van der Waals surface area (Å²) >= 11 is 0. The van der Waals surface area contributed by atoms with Crippen molar-refractivity contribution in [3.05, 3.63) is 108 Å². The molecule has 1 N–H and O–H groups in total. The Balaban J connectivity index is 1.53. The van der Waals surface area contributed by atoms with Crippen molar-refractivity contribution in [2.45, 2.75) is 13.0 Å². The monoisotopic (exact) mass is 422 g/mol. The minimum absolute atomic E-state index is 0.0803. The van der Waals surface area contributed by atoms with Crippen molar-refractivity contribution in [1.82, 2.24) is 20.2 Å². The van der Waals surface area contributed by atoms with Crippen molar-refractivity contribution in [2.24, 2.45) is 0 Å². The van der Waals surface area contributed by atoms with Crippen molar-refractivity contribution in [2.75, 3.05) is 16.8 Å². The highest BCUT2D eigenvalue weighted by molar-refractivity contribution is 5.97. The van der Waals surface area contributed by atoms with Crippen LogP contribution in [0.5, 0.6) is 0 Å². The first-order chi connectivity index (χ1) is 15.7. The molecule has 3 aromatic carbocycles. The average Bonchev–Trinajstić information content (AvgIpc) is 3.32. The number of nitrogens with zero attached hydrogens (tertiary/aromatic N) is 5. The van der Waals surface area contributed by atoms with Gasteiger partial charge in [0.2, 0.25) is 5.91 Å². The number of rotatable bonds is 5.